The Bertz CT molecular complexity index is 1150. The molecule has 1 atom stereocenters. The van der Waals surface area contributed by atoms with Crippen LogP contribution in [0.4, 0.5) is 5.13 Å². The number of carbonyl (C=O) groups is 1. The molecular weight excluding hydrogens is 434 g/mol. The molecule has 2 fully saturated rings. The minimum atomic E-state index is -0.501. The fourth-order valence-corrected chi connectivity index (χ4v) is 6.00. The number of thiazole rings is 1. The quantitative estimate of drug-likeness (QED) is 0.552. The topological polar surface area (TPSA) is 63.7 Å². The lowest BCUT2D eigenvalue weighted by Gasteiger charge is -2.34. The number of amides is 1. The van der Waals surface area contributed by atoms with Crippen LogP contribution in [-0.4, -0.2) is 35.7 Å². The van der Waals surface area contributed by atoms with E-state index in [1.54, 1.807) is 11.3 Å². The lowest BCUT2D eigenvalue weighted by atomic mass is 9.94. The highest BCUT2D eigenvalue weighted by molar-refractivity contribution is 7.15. The summed E-state index contributed by atoms with van der Waals surface area (Å²) in [5, 5.41) is 3.79. The number of hydrogen-bond donors (Lipinski definition) is 1. The van der Waals surface area contributed by atoms with Crippen molar-refractivity contribution >= 4 is 22.4 Å². The molecular formula is C26H27N3O3S. The first kappa shape index (κ1) is 20.7. The lowest BCUT2D eigenvalue weighted by Crippen LogP contribution is -2.34. The zero-order valence-corrected chi connectivity index (χ0v) is 19.3. The molecule has 1 saturated carbocycles. The first-order valence-corrected chi connectivity index (χ1v) is 12.5. The van der Waals surface area contributed by atoms with Gasteiger partial charge in [0.2, 0.25) is 12.7 Å². The molecule has 7 heteroatoms. The SMILES string of the molecule is O=C(Nc1ncc(C(c2ccccc2)N2CCCCC2)s1)C1(c2ccc3c(c2)OCO3)CC1. The number of benzene rings is 2. The van der Waals surface area contributed by atoms with Crippen molar-refractivity contribution in [2.75, 3.05) is 25.2 Å². The maximum atomic E-state index is 13.3. The number of piperidine rings is 1. The van der Waals surface area contributed by atoms with E-state index in [0.717, 1.165) is 43.0 Å². The Labute approximate surface area is 197 Å². The summed E-state index contributed by atoms with van der Waals surface area (Å²) in [4.78, 5) is 21.6. The van der Waals surface area contributed by atoms with Crippen LogP contribution in [0, 0.1) is 0 Å². The van der Waals surface area contributed by atoms with E-state index < -0.39 is 5.41 Å². The molecule has 6 rings (SSSR count). The highest BCUT2D eigenvalue weighted by Crippen LogP contribution is 2.51. The average molecular weight is 462 g/mol. The molecule has 0 radical (unpaired) electrons. The fourth-order valence-electron chi connectivity index (χ4n) is 5.02. The van der Waals surface area contributed by atoms with Crippen LogP contribution in [-0.2, 0) is 10.2 Å². The van der Waals surface area contributed by atoms with Gasteiger partial charge in [0.1, 0.15) is 0 Å². The van der Waals surface area contributed by atoms with Crippen LogP contribution in [0.25, 0.3) is 0 Å². The minimum Gasteiger partial charge on any atom is -0.454 e. The third-order valence-corrected chi connectivity index (χ3v) is 7.96. The summed E-state index contributed by atoms with van der Waals surface area (Å²) in [5.41, 5.74) is 1.76. The molecule has 1 saturated heterocycles. The van der Waals surface area contributed by atoms with Gasteiger partial charge in [-0.05, 0) is 62.0 Å². The molecule has 0 spiro atoms. The number of rotatable bonds is 6. The Kier molecular flexibility index (Phi) is 5.31. The first-order valence-electron chi connectivity index (χ1n) is 11.7. The Morgan fingerprint density at radius 1 is 1.03 bits per heavy atom. The second-order valence-electron chi connectivity index (χ2n) is 9.08. The van der Waals surface area contributed by atoms with Crippen molar-refractivity contribution in [1.29, 1.82) is 0 Å². The summed E-state index contributed by atoms with van der Waals surface area (Å²) in [6.07, 6.45) is 7.35. The van der Waals surface area contributed by atoms with Crippen LogP contribution in [0.1, 0.15) is 54.1 Å². The average Bonchev–Trinajstić information content (AvgIpc) is 3.33. The van der Waals surface area contributed by atoms with Gasteiger partial charge in [-0.25, -0.2) is 4.98 Å². The van der Waals surface area contributed by atoms with Gasteiger partial charge < -0.3 is 14.8 Å². The number of nitrogens with one attached hydrogen (secondary N) is 1. The van der Waals surface area contributed by atoms with Gasteiger partial charge in [-0.15, -0.1) is 0 Å². The Morgan fingerprint density at radius 2 is 1.82 bits per heavy atom. The zero-order chi connectivity index (χ0) is 22.3. The van der Waals surface area contributed by atoms with E-state index in [0.29, 0.717) is 5.13 Å². The molecule has 2 aromatic carbocycles. The highest BCUT2D eigenvalue weighted by Gasteiger charge is 2.52. The van der Waals surface area contributed by atoms with Crippen molar-refractivity contribution in [2.24, 2.45) is 0 Å². The molecule has 3 heterocycles. The van der Waals surface area contributed by atoms with Crippen molar-refractivity contribution in [2.45, 2.75) is 43.6 Å². The van der Waals surface area contributed by atoms with Crippen LogP contribution in [0.3, 0.4) is 0 Å². The van der Waals surface area contributed by atoms with E-state index in [-0.39, 0.29) is 18.7 Å². The van der Waals surface area contributed by atoms with E-state index in [4.69, 9.17) is 9.47 Å². The number of aromatic nitrogens is 1. The van der Waals surface area contributed by atoms with Gasteiger partial charge >= 0.3 is 0 Å². The van der Waals surface area contributed by atoms with Crippen LogP contribution in [0.5, 0.6) is 11.5 Å². The molecule has 3 aromatic rings. The number of fused-ring (bicyclic) bond motifs is 1. The van der Waals surface area contributed by atoms with E-state index >= 15 is 0 Å². The van der Waals surface area contributed by atoms with Crippen LogP contribution in [0.2, 0.25) is 0 Å². The first-order chi connectivity index (χ1) is 16.2. The van der Waals surface area contributed by atoms with Crippen LogP contribution >= 0.6 is 11.3 Å². The third kappa shape index (κ3) is 3.89. The monoisotopic (exact) mass is 461 g/mol. The van der Waals surface area contributed by atoms with Gasteiger partial charge in [-0.2, -0.15) is 0 Å². The predicted octanol–water partition coefficient (Wildman–Crippen LogP) is 5.12. The minimum absolute atomic E-state index is 0.0106. The second-order valence-corrected chi connectivity index (χ2v) is 10.1. The number of hydrogen-bond acceptors (Lipinski definition) is 6. The molecule has 1 N–H and O–H groups in total. The fraction of sp³-hybridized carbons (Fsp3) is 0.385. The number of likely N-dealkylation sites (tertiary alicyclic amines) is 1. The standard InChI is InChI=1S/C26H27N3O3S/c30-24(26(11-12-26)19-9-10-20-21(15-19)32-17-31-20)28-25-27-16-22(33-25)23(18-7-3-1-4-8-18)29-13-5-2-6-14-29/h1,3-4,7-10,15-16,23H,2,5-6,11-14,17H2,(H,27,28,30). The van der Waals surface area contributed by atoms with E-state index in [1.165, 1.54) is 29.7 Å². The molecule has 1 unspecified atom stereocenters. The zero-order valence-electron chi connectivity index (χ0n) is 18.5. The maximum absolute atomic E-state index is 13.3. The summed E-state index contributed by atoms with van der Waals surface area (Å²) in [5.74, 6) is 1.47. The van der Waals surface area contributed by atoms with Crippen molar-refractivity contribution in [1.82, 2.24) is 9.88 Å². The summed E-state index contributed by atoms with van der Waals surface area (Å²) in [7, 11) is 0. The van der Waals surface area contributed by atoms with Gasteiger partial charge in [-0.3, -0.25) is 9.69 Å². The Balaban J connectivity index is 1.23. The van der Waals surface area contributed by atoms with Gasteiger partial charge in [0.25, 0.3) is 0 Å². The Hall–Kier alpha value is -2.90. The Morgan fingerprint density at radius 3 is 2.61 bits per heavy atom. The largest absolute Gasteiger partial charge is 0.454 e. The van der Waals surface area contributed by atoms with Crippen LogP contribution < -0.4 is 14.8 Å². The molecule has 33 heavy (non-hydrogen) atoms. The molecule has 1 amide bonds. The highest BCUT2D eigenvalue weighted by atomic mass is 32.1. The molecule has 2 aliphatic heterocycles. The smallest absolute Gasteiger partial charge is 0.236 e. The molecule has 1 aliphatic carbocycles. The van der Waals surface area contributed by atoms with E-state index in [9.17, 15) is 4.79 Å². The van der Waals surface area contributed by atoms with Gasteiger partial charge in [-0.1, -0.05) is 54.2 Å². The summed E-state index contributed by atoms with van der Waals surface area (Å²) in [6.45, 7) is 2.41. The molecule has 0 bridgehead atoms. The third-order valence-electron chi connectivity index (χ3n) is 6.99. The summed E-state index contributed by atoms with van der Waals surface area (Å²) >= 11 is 1.59. The summed E-state index contributed by atoms with van der Waals surface area (Å²) < 4.78 is 10.9. The van der Waals surface area contributed by atoms with Crippen molar-refractivity contribution < 1.29 is 14.3 Å². The van der Waals surface area contributed by atoms with E-state index in [2.05, 4.69) is 45.5 Å². The number of anilines is 1. The lowest BCUT2D eigenvalue weighted by molar-refractivity contribution is -0.118. The normalized spacial score (nSPS) is 19.8. The molecule has 6 nitrogen and oxygen atoms in total. The molecule has 3 aliphatic rings. The van der Waals surface area contributed by atoms with Crippen molar-refractivity contribution in [3.63, 3.8) is 0 Å². The van der Waals surface area contributed by atoms with Gasteiger partial charge in [0.05, 0.1) is 11.5 Å². The van der Waals surface area contributed by atoms with Crippen molar-refractivity contribution in [3.05, 3.63) is 70.7 Å². The van der Waals surface area contributed by atoms with E-state index in [1.807, 2.05) is 24.4 Å². The number of ether oxygens (including phenoxy) is 2. The second kappa shape index (κ2) is 8.47. The molecule has 1 aromatic heterocycles. The number of carbonyl (C=O) groups excluding carboxylic acids is 1. The van der Waals surface area contributed by atoms with Gasteiger partial charge in [0, 0.05) is 11.1 Å². The van der Waals surface area contributed by atoms with Gasteiger partial charge in [0.15, 0.2) is 16.6 Å². The van der Waals surface area contributed by atoms with Crippen LogP contribution in [0.15, 0.2) is 54.7 Å². The summed E-state index contributed by atoms with van der Waals surface area (Å²) in [6, 6.07) is 16.6. The van der Waals surface area contributed by atoms with Crippen molar-refractivity contribution in [3.8, 4) is 11.5 Å². The number of nitrogens with zero attached hydrogens (tertiary/aromatic N) is 2. The maximum Gasteiger partial charge on any atom is 0.236 e. The predicted molar refractivity (Wildman–Crippen MR) is 128 cm³/mol. The molecule has 170 valence electrons.